The van der Waals surface area contributed by atoms with Crippen LogP contribution in [0.3, 0.4) is 0 Å². The summed E-state index contributed by atoms with van der Waals surface area (Å²) in [6.45, 7) is 0.720. The molecule has 0 saturated heterocycles. The molecule has 25 heavy (non-hydrogen) atoms. The van der Waals surface area contributed by atoms with Gasteiger partial charge in [0, 0.05) is 16.3 Å². The number of hydrogen-bond acceptors (Lipinski definition) is 3. The molecule has 1 N–H and O–H groups in total. The molecule has 2 aromatic heterocycles. The van der Waals surface area contributed by atoms with Crippen molar-refractivity contribution in [3.05, 3.63) is 74.7 Å². The Bertz CT molecular complexity index is 871. The molecule has 0 aliphatic heterocycles. The Morgan fingerprint density at radius 1 is 1.32 bits per heavy atom. The summed E-state index contributed by atoms with van der Waals surface area (Å²) in [4.78, 5) is 13.1. The van der Waals surface area contributed by atoms with Gasteiger partial charge in [0.05, 0.1) is 23.7 Å². The van der Waals surface area contributed by atoms with Crippen molar-refractivity contribution in [2.75, 3.05) is 0 Å². The fraction of sp³-hybridized carbons (Fsp3) is 0.263. The third-order valence-corrected chi connectivity index (χ3v) is 5.68. The number of aromatic nitrogens is 2. The van der Waals surface area contributed by atoms with Crippen molar-refractivity contribution < 1.29 is 4.79 Å². The molecular weight excluding hydrogens is 354 g/mol. The van der Waals surface area contributed by atoms with Gasteiger partial charge in [0.1, 0.15) is 0 Å². The second-order valence-corrected chi connectivity index (χ2v) is 7.61. The molecule has 1 aromatic carbocycles. The van der Waals surface area contributed by atoms with Crippen molar-refractivity contribution in [3.63, 3.8) is 0 Å². The highest BCUT2D eigenvalue weighted by Gasteiger charge is 2.26. The Balaban J connectivity index is 1.53. The van der Waals surface area contributed by atoms with Crippen LogP contribution in [0.5, 0.6) is 0 Å². The van der Waals surface area contributed by atoms with Crippen LogP contribution >= 0.6 is 22.9 Å². The first-order chi connectivity index (χ1) is 12.2. The highest BCUT2D eigenvalue weighted by atomic mass is 35.5. The molecule has 1 aliphatic rings. The number of halogens is 1. The maximum absolute atomic E-state index is 12.4. The number of nitrogens with one attached hydrogen (secondary N) is 1. The summed E-state index contributed by atoms with van der Waals surface area (Å²) in [5, 5.41) is 10.4. The lowest BCUT2D eigenvalue weighted by Crippen LogP contribution is -2.30. The van der Waals surface area contributed by atoms with Gasteiger partial charge in [-0.05, 0) is 48.4 Å². The number of thiophene rings is 1. The van der Waals surface area contributed by atoms with Gasteiger partial charge in [0.25, 0.3) is 5.91 Å². The van der Waals surface area contributed by atoms with E-state index in [-0.39, 0.29) is 11.9 Å². The molecule has 0 spiro atoms. The Morgan fingerprint density at radius 3 is 2.92 bits per heavy atom. The fourth-order valence-corrected chi connectivity index (χ4v) is 4.06. The van der Waals surface area contributed by atoms with Crippen molar-refractivity contribution >= 4 is 28.8 Å². The Morgan fingerprint density at radius 2 is 2.16 bits per heavy atom. The van der Waals surface area contributed by atoms with E-state index in [1.54, 1.807) is 0 Å². The smallest absolute Gasteiger partial charge is 0.261 e. The summed E-state index contributed by atoms with van der Waals surface area (Å²) in [6, 6.07) is 11.6. The molecule has 3 aromatic rings. The van der Waals surface area contributed by atoms with Crippen molar-refractivity contribution in [1.29, 1.82) is 0 Å². The third-order valence-electron chi connectivity index (χ3n) is 4.56. The average molecular weight is 372 g/mol. The molecule has 1 aliphatic carbocycles. The van der Waals surface area contributed by atoms with Gasteiger partial charge in [0.2, 0.25) is 0 Å². The van der Waals surface area contributed by atoms with Gasteiger partial charge in [-0.3, -0.25) is 9.48 Å². The van der Waals surface area contributed by atoms with Crippen molar-refractivity contribution in [3.8, 4) is 0 Å². The van der Waals surface area contributed by atoms with Gasteiger partial charge >= 0.3 is 0 Å². The Labute approximate surface area is 155 Å². The minimum absolute atomic E-state index is 0.00157. The molecule has 4 rings (SSSR count). The van der Waals surface area contributed by atoms with Gasteiger partial charge in [-0.2, -0.15) is 5.10 Å². The maximum Gasteiger partial charge on any atom is 0.261 e. The second-order valence-electron chi connectivity index (χ2n) is 6.23. The minimum Gasteiger partial charge on any atom is -0.344 e. The van der Waals surface area contributed by atoms with E-state index in [1.807, 2.05) is 52.7 Å². The molecular formula is C19H18ClN3OS. The lowest BCUT2D eigenvalue weighted by Gasteiger charge is -2.24. The van der Waals surface area contributed by atoms with Crippen LogP contribution in [0.25, 0.3) is 0 Å². The first kappa shape index (κ1) is 16.4. The predicted molar refractivity (Wildman–Crippen MR) is 100 cm³/mol. The van der Waals surface area contributed by atoms with E-state index >= 15 is 0 Å². The molecule has 1 amide bonds. The minimum atomic E-state index is -0.00157. The standard InChI is InChI=1S/C19H18ClN3OS/c20-14-8-6-13(7-9-14)12-23-17-4-1-3-16(15(17)11-21-23)22-19(24)18-5-2-10-25-18/h2,5-11,16H,1,3-4,12H2,(H,22,24)/t16-/m1/s1. The first-order valence-electron chi connectivity index (χ1n) is 8.34. The van der Waals surface area contributed by atoms with Crippen LogP contribution in [0.1, 0.15) is 45.4 Å². The summed E-state index contributed by atoms with van der Waals surface area (Å²) >= 11 is 7.42. The lowest BCUT2D eigenvalue weighted by molar-refractivity contribution is 0.0937. The lowest BCUT2D eigenvalue weighted by atomic mass is 9.93. The number of fused-ring (bicyclic) bond motifs is 1. The van der Waals surface area contributed by atoms with Gasteiger partial charge in [-0.25, -0.2) is 0 Å². The van der Waals surface area contributed by atoms with Gasteiger partial charge in [-0.15, -0.1) is 11.3 Å². The van der Waals surface area contributed by atoms with Crippen LogP contribution < -0.4 is 5.32 Å². The van der Waals surface area contributed by atoms with E-state index in [0.29, 0.717) is 0 Å². The average Bonchev–Trinajstić information content (AvgIpc) is 3.28. The van der Waals surface area contributed by atoms with Crippen LogP contribution in [0.2, 0.25) is 5.02 Å². The zero-order valence-corrected chi connectivity index (χ0v) is 15.2. The van der Waals surface area contributed by atoms with Gasteiger partial charge in [0.15, 0.2) is 0 Å². The third kappa shape index (κ3) is 3.48. The fourth-order valence-electron chi connectivity index (χ4n) is 3.30. The van der Waals surface area contributed by atoms with Crippen molar-refractivity contribution in [1.82, 2.24) is 15.1 Å². The summed E-state index contributed by atoms with van der Waals surface area (Å²) in [6.07, 6.45) is 4.91. The number of hydrogen-bond donors (Lipinski definition) is 1. The predicted octanol–water partition coefficient (Wildman–Crippen LogP) is 4.45. The Kier molecular flexibility index (Phi) is 4.59. The molecule has 0 unspecified atom stereocenters. The summed E-state index contributed by atoms with van der Waals surface area (Å²) in [5.41, 5.74) is 3.53. The summed E-state index contributed by atoms with van der Waals surface area (Å²) < 4.78 is 2.04. The SMILES string of the molecule is O=C(N[C@@H]1CCCc2c1cnn2Cc1ccc(Cl)cc1)c1cccs1. The van der Waals surface area contributed by atoms with Crippen molar-refractivity contribution in [2.24, 2.45) is 0 Å². The number of amides is 1. The number of rotatable bonds is 4. The highest BCUT2D eigenvalue weighted by Crippen LogP contribution is 2.30. The molecule has 6 heteroatoms. The second kappa shape index (κ2) is 7.02. The summed E-state index contributed by atoms with van der Waals surface area (Å²) in [7, 11) is 0. The number of carbonyl (C=O) groups is 1. The molecule has 2 heterocycles. The van der Waals surface area contributed by atoms with E-state index < -0.39 is 0 Å². The number of benzene rings is 1. The monoisotopic (exact) mass is 371 g/mol. The maximum atomic E-state index is 12.4. The van der Waals surface area contributed by atoms with Crippen LogP contribution in [0.15, 0.2) is 48.0 Å². The van der Waals surface area contributed by atoms with Gasteiger partial charge < -0.3 is 5.32 Å². The molecule has 0 bridgehead atoms. The topological polar surface area (TPSA) is 46.9 Å². The number of nitrogens with zero attached hydrogens (tertiary/aromatic N) is 2. The van der Waals surface area contributed by atoms with E-state index in [1.165, 1.54) is 22.6 Å². The quantitative estimate of drug-likeness (QED) is 0.736. The molecule has 128 valence electrons. The van der Waals surface area contributed by atoms with Crippen LogP contribution in [-0.2, 0) is 13.0 Å². The Hall–Kier alpha value is -2.11. The number of carbonyl (C=O) groups excluding carboxylic acids is 1. The molecule has 0 radical (unpaired) electrons. The van der Waals surface area contributed by atoms with Crippen LogP contribution in [0, 0.1) is 0 Å². The van der Waals surface area contributed by atoms with Crippen LogP contribution in [-0.4, -0.2) is 15.7 Å². The van der Waals surface area contributed by atoms with E-state index in [2.05, 4.69) is 10.4 Å². The molecule has 0 saturated carbocycles. The van der Waals surface area contributed by atoms with E-state index in [4.69, 9.17) is 11.6 Å². The first-order valence-corrected chi connectivity index (χ1v) is 9.60. The zero-order chi connectivity index (χ0) is 17.2. The normalized spacial score (nSPS) is 16.4. The molecule has 0 fully saturated rings. The zero-order valence-electron chi connectivity index (χ0n) is 13.6. The highest BCUT2D eigenvalue weighted by molar-refractivity contribution is 7.12. The largest absolute Gasteiger partial charge is 0.344 e. The molecule has 1 atom stereocenters. The molecule has 4 nitrogen and oxygen atoms in total. The van der Waals surface area contributed by atoms with E-state index in [9.17, 15) is 4.79 Å². The van der Waals surface area contributed by atoms with E-state index in [0.717, 1.165) is 41.3 Å². The van der Waals surface area contributed by atoms with Crippen LogP contribution in [0.4, 0.5) is 0 Å². The van der Waals surface area contributed by atoms with Crippen molar-refractivity contribution in [2.45, 2.75) is 31.8 Å². The van der Waals surface area contributed by atoms with Gasteiger partial charge in [-0.1, -0.05) is 29.8 Å². The summed E-state index contributed by atoms with van der Waals surface area (Å²) in [5.74, 6) is -0.00157.